The minimum absolute atomic E-state index is 0.199. The quantitative estimate of drug-likeness (QED) is 0.496. The van der Waals surface area contributed by atoms with Crippen LogP contribution in [0.1, 0.15) is 17.7 Å². The van der Waals surface area contributed by atoms with E-state index in [2.05, 4.69) is 33.7 Å². The maximum absolute atomic E-state index is 13.1. The minimum Gasteiger partial charge on any atom is -0.539 e. The van der Waals surface area contributed by atoms with E-state index in [4.69, 9.17) is 24.5 Å². The van der Waals surface area contributed by atoms with Gasteiger partial charge in [0.05, 0.1) is 25.3 Å². The normalized spacial score (nSPS) is 15.1. The van der Waals surface area contributed by atoms with Crippen molar-refractivity contribution in [2.24, 2.45) is 0 Å². The second-order valence-electron chi connectivity index (χ2n) is 6.01. The van der Waals surface area contributed by atoms with Gasteiger partial charge in [-0.25, -0.2) is 9.18 Å². The fourth-order valence-corrected chi connectivity index (χ4v) is 2.97. The molecule has 2 heterocycles. The molecular weight excluding hydrogens is 401 g/mol. The number of likely N-dealkylation sites (N-methyl/N-ethyl adjacent to an activating group) is 1. The molecular formula is C19H18FN3O5S. The molecule has 1 aliphatic heterocycles. The number of benzene rings is 1. The lowest BCUT2D eigenvalue weighted by Crippen LogP contribution is -3.09. The summed E-state index contributed by atoms with van der Waals surface area (Å²) in [7, 11) is 2.16. The second kappa shape index (κ2) is 10.9. The van der Waals surface area contributed by atoms with Crippen LogP contribution in [0.4, 0.5) is 4.39 Å². The van der Waals surface area contributed by atoms with Crippen molar-refractivity contribution >= 4 is 29.2 Å². The molecule has 0 bridgehead atoms. The Bertz CT molecular complexity index is 952. The molecule has 1 aliphatic rings. The predicted octanol–water partition coefficient (Wildman–Crippen LogP) is -0.770. The molecule has 0 saturated carbocycles. The number of aliphatic carboxylic acids is 2. The Hall–Kier alpha value is -3.29. The summed E-state index contributed by atoms with van der Waals surface area (Å²) in [4.78, 5) is 19.5. The first-order valence-corrected chi connectivity index (χ1v) is 9.24. The number of ether oxygens (including phenoxy) is 1. The Balaban J connectivity index is 0.000000438. The van der Waals surface area contributed by atoms with Crippen LogP contribution in [-0.2, 0) is 9.59 Å². The smallest absolute Gasteiger partial charge is 0.351 e. The summed E-state index contributed by atoms with van der Waals surface area (Å²) in [5.74, 6) is 1.99. The van der Waals surface area contributed by atoms with Crippen LogP contribution in [0.15, 0.2) is 30.3 Å². The number of hydrogen-bond acceptors (Lipinski definition) is 7. The summed E-state index contributed by atoms with van der Waals surface area (Å²) in [5, 5.41) is 16.3. The third-order valence-electron chi connectivity index (χ3n) is 3.73. The van der Waals surface area contributed by atoms with E-state index >= 15 is 0 Å². The van der Waals surface area contributed by atoms with Gasteiger partial charge >= 0.3 is 5.97 Å². The number of quaternary nitrogens is 1. The lowest BCUT2D eigenvalue weighted by atomic mass is 10.1. The maximum atomic E-state index is 13.1. The van der Waals surface area contributed by atoms with Crippen molar-refractivity contribution in [2.75, 3.05) is 26.7 Å². The summed E-state index contributed by atoms with van der Waals surface area (Å²) in [5.41, 5.74) is 2.63. The molecule has 0 spiro atoms. The van der Waals surface area contributed by atoms with E-state index in [1.165, 1.54) is 22.6 Å². The standard InChI is InChI=1S/C17H16FN3OS.C2H2O4/c1-21-9-3-7-14(12-21)16-17(20-23-19-16)22-10-4-6-13-5-2-8-15(18)11-13;3-1(4)2(5)6/h2,5,7-8,11H,3,9-10,12H2,1H3;(H,3,4)(H,5,6). The van der Waals surface area contributed by atoms with Crippen LogP contribution in [0.5, 0.6) is 5.88 Å². The SMILES string of the molecule is C[NH+]1CCC=C(c2nsnc2OCC#Cc2cccc(F)c2)C1.O=C([O-])C(=O)O. The summed E-state index contributed by atoms with van der Waals surface area (Å²) < 4.78 is 27.3. The number of carboxylic acids is 2. The molecule has 3 rings (SSSR count). The van der Waals surface area contributed by atoms with Gasteiger partial charge in [0.2, 0.25) is 0 Å². The van der Waals surface area contributed by atoms with Crippen LogP contribution in [0.2, 0.25) is 0 Å². The molecule has 1 unspecified atom stereocenters. The van der Waals surface area contributed by atoms with Gasteiger partial charge in [-0.1, -0.05) is 24.0 Å². The zero-order chi connectivity index (χ0) is 21.2. The fourth-order valence-electron chi connectivity index (χ4n) is 2.44. The lowest BCUT2D eigenvalue weighted by molar-refractivity contribution is -0.872. The van der Waals surface area contributed by atoms with Gasteiger partial charge < -0.3 is 24.6 Å². The van der Waals surface area contributed by atoms with Gasteiger partial charge in [0.15, 0.2) is 12.6 Å². The van der Waals surface area contributed by atoms with Gasteiger partial charge in [0.25, 0.3) is 5.88 Å². The molecule has 0 amide bonds. The molecule has 0 aliphatic carbocycles. The van der Waals surface area contributed by atoms with Crippen molar-refractivity contribution in [1.29, 1.82) is 0 Å². The van der Waals surface area contributed by atoms with E-state index in [1.54, 1.807) is 12.1 Å². The number of nitrogens with zero attached hydrogens (tertiary/aromatic N) is 2. The van der Waals surface area contributed by atoms with E-state index in [0.717, 1.165) is 36.9 Å². The molecule has 0 fully saturated rings. The third kappa shape index (κ3) is 7.33. The van der Waals surface area contributed by atoms with E-state index in [0.29, 0.717) is 11.4 Å². The highest BCUT2D eigenvalue weighted by Crippen LogP contribution is 2.24. The molecule has 152 valence electrons. The van der Waals surface area contributed by atoms with Crippen molar-refractivity contribution in [3.8, 4) is 17.7 Å². The van der Waals surface area contributed by atoms with E-state index < -0.39 is 11.9 Å². The molecule has 8 nitrogen and oxygen atoms in total. The summed E-state index contributed by atoms with van der Waals surface area (Å²) in [6.07, 6.45) is 3.24. The number of hydrogen-bond donors (Lipinski definition) is 2. The van der Waals surface area contributed by atoms with Crippen LogP contribution >= 0.6 is 11.7 Å². The number of nitrogens with one attached hydrogen (secondary N) is 1. The largest absolute Gasteiger partial charge is 0.539 e. The molecule has 2 aromatic rings. The van der Waals surface area contributed by atoms with Crippen LogP contribution in [0, 0.1) is 17.7 Å². The van der Waals surface area contributed by atoms with E-state index in [9.17, 15) is 4.39 Å². The predicted molar refractivity (Wildman–Crippen MR) is 101 cm³/mol. The molecule has 2 N–H and O–H groups in total. The highest BCUT2D eigenvalue weighted by molar-refractivity contribution is 6.99. The Morgan fingerprint density at radius 1 is 1.41 bits per heavy atom. The highest BCUT2D eigenvalue weighted by Gasteiger charge is 2.20. The fraction of sp³-hybridized carbons (Fsp3) is 0.263. The number of carboxylic acid groups (broad SMARTS) is 2. The number of rotatable bonds is 3. The molecule has 1 aromatic heterocycles. The number of aromatic nitrogens is 2. The van der Waals surface area contributed by atoms with Gasteiger partial charge in [0.1, 0.15) is 18.1 Å². The van der Waals surface area contributed by atoms with Gasteiger partial charge in [-0.3, -0.25) is 0 Å². The minimum atomic E-state index is -2.07. The monoisotopic (exact) mass is 419 g/mol. The van der Waals surface area contributed by atoms with Crippen LogP contribution in [0.3, 0.4) is 0 Å². The molecule has 1 atom stereocenters. The van der Waals surface area contributed by atoms with Crippen molar-refractivity contribution in [3.63, 3.8) is 0 Å². The van der Waals surface area contributed by atoms with Crippen LogP contribution < -0.4 is 14.7 Å². The Kier molecular flexibility index (Phi) is 8.27. The average Bonchev–Trinajstić information content (AvgIpc) is 3.14. The van der Waals surface area contributed by atoms with Gasteiger partial charge in [-0.05, 0) is 18.2 Å². The third-order valence-corrected chi connectivity index (χ3v) is 4.24. The topological polar surface area (TPSA) is 117 Å². The summed E-state index contributed by atoms with van der Waals surface area (Å²) in [6.45, 7) is 2.26. The average molecular weight is 419 g/mol. The summed E-state index contributed by atoms with van der Waals surface area (Å²) >= 11 is 1.14. The Labute approximate surface area is 170 Å². The zero-order valence-corrected chi connectivity index (χ0v) is 16.3. The first-order valence-electron chi connectivity index (χ1n) is 8.51. The Morgan fingerprint density at radius 3 is 2.83 bits per heavy atom. The maximum Gasteiger partial charge on any atom is 0.351 e. The Morgan fingerprint density at radius 2 is 2.17 bits per heavy atom. The molecule has 29 heavy (non-hydrogen) atoms. The lowest BCUT2D eigenvalue weighted by Gasteiger charge is -2.19. The first kappa shape index (κ1) is 22.0. The second-order valence-corrected chi connectivity index (χ2v) is 6.54. The number of carbonyl (C=O) groups is 2. The van der Waals surface area contributed by atoms with Gasteiger partial charge in [-0.15, -0.1) is 4.37 Å². The van der Waals surface area contributed by atoms with Crippen LogP contribution in [-0.4, -0.2) is 52.5 Å². The van der Waals surface area contributed by atoms with Crippen molar-refractivity contribution in [2.45, 2.75) is 6.42 Å². The zero-order valence-electron chi connectivity index (χ0n) is 15.5. The van der Waals surface area contributed by atoms with Crippen molar-refractivity contribution < 1.29 is 33.8 Å². The van der Waals surface area contributed by atoms with Crippen LogP contribution in [0.25, 0.3) is 5.57 Å². The first-order chi connectivity index (χ1) is 13.9. The van der Waals surface area contributed by atoms with E-state index in [1.807, 2.05) is 0 Å². The highest BCUT2D eigenvalue weighted by atomic mass is 32.1. The molecule has 10 heteroatoms. The molecule has 0 saturated heterocycles. The van der Waals surface area contributed by atoms with Crippen molar-refractivity contribution in [3.05, 3.63) is 47.4 Å². The van der Waals surface area contributed by atoms with Crippen molar-refractivity contribution in [1.82, 2.24) is 8.75 Å². The van der Waals surface area contributed by atoms with E-state index in [-0.39, 0.29) is 12.4 Å². The molecule has 1 aromatic carbocycles. The summed E-state index contributed by atoms with van der Waals surface area (Å²) in [6, 6.07) is 6.19. The number of carbonyl (C=O) groups excluding carboxylic acids is 1. The van der Waals surface area contributed by atoms with Gasteiger partial charge in [-0.2, -0.15) is 4.37 Å². The van der Waals surface area contributed by atoms with Gasteiger partial charge in [0, 0.05) is 17.6 Å². The molecule has 0 radical (unpaired) electrons. The number of halogens is 1.